The number of nitrogens with zero attached hydrogens (tertiary/aromatic N) is 1. The number of hydrogen-bond donors (Lipinski definition) is 1. The molecule has 1 radical (unpaired) electrons. The maximum absolute atomic E-state index is 5.26. The minimum atomic E-state index is -0.0289. The van der Waals surface area contributed by atoms with Crippen LogP contribution in [0.15, 0.2) is 30.7 Å². The van der Waals surface area contributed by atoms with Crippen LogP contribution in [-0.4, -0.2) is 10.2 Å². The van der Waals surface area contributed by atoms with Gasteiger partial charge in [0.2, 0.25) is 0 Å². The molecule has 1 aliphatic heterocycles. The number of nitrogens with one attached hydrogen (secondary N) is 1. The largest absolute Gasteiger partial charge is 0.489 e. The Balaban J connectivity index is 2.19. The summed E-state index contributed by atoms with van der Waals surface area (Å²) in [6.07, 6.45) is 11.9. The number of aromatic nitrogens is 2. The lowest BCUT2D eigenvalue weighted by molar-refractivity contribution is 0.186. The normalized spacial score (nSPS) is 21.6. The van der Waals surface area contributed by atoms with Crippen molar-refractivity contribution < 1.29 is 4.74 Å². The summed E-state index contributed by atoms with van der Waals surface area (Å²) >= 11 is 0. The minimum Gasteiger partial charge on any atom is -0.489 e. The Bertz CT molecular complexity index is 274. The van der Waals surface area contributed by atoms with E-state index in [2.05, 4.69) is 16.4 Å². The number of rotatable bonds is 1. The van der Waals surface area contributed by atoms with Crippen molar-refractivity contribution in [2.45, 2.75) is 6.10 Å². The third kappa shape index (κ3) is 1.17. The summed E-state index contributed by atoms with van der Waals surface area (Å²) in [5, 5.41) is 6.39. The van der Waals surface area contributed by atoms with Crippen LogP contribution in [0.5, 0.6) is 0 Å². The molecule has 0 amide bonds. The van der Waals surface area contributed by atoms with Crippen molar-refractivity contribution in [3.05, 3.63) is 42.4 Å². The molecule has 55 valence electrons. The molecule has 2 heterocycles. The molecule has 2 rings (SSSR count). The number of allylic oxidation sites excluding steroid dienone is 2. The Labute approximate surface area is 64.4 Å². The van der Waals surface area contributed by atoms with Gasteiger partial charge in [0.1, 0.15) is 12.3 Å². The molecule has 1 N–H and O–H groups in total. The molecule has 3 heteroatoms. The molecule has 0 bridgehead atoms. The van der Waals surface area contributed by atoms with Crippen LogP contribution in [0.1, 0.15) is 11.7 Å². The van der Waals surface area contributed by atoms with Gasteiger partial charge in [0.15, 0.2) is 0 Å². The second-order valence-corrected chi connectivity index (χ2v) is 2.22. The maximum Gasteiger partial charge on any atom is 0.145 e. The first kappa shape index (κ1) is 6.22. The summed E-state index contributed by atoms with van der Waals surface area (Å²) in [6.45, 7) is 0. The van der Waals surface area contributed by atoms with Crippen LogP contribution in [0.2, 0.25) is 0 Å². The van der Waals surface area contributed by atoms with Gasteiger partial charge in [-0.05, 0) is 12.2 Å². The average Bonchev–Trinajstić information content (AvgIpc) is 2.58. The van der Waals surface area contributed by atoms with Crippen LogP contribution < -0.4 is 0 Å². The predicted octanol–water partition coefficient (Wildman–Crippen LogP) is 1.35. The van der Waals surface area contributed by atoms with Gasteiger partial charge >= 0.3 is 0 Å². The van der Waals surface area contributed by atoms with E-state index in [1.807, 2.05) is 18.2 Å². The molecular weight excluding hydrogens is 140 g/mol. The summed E-state index contributed by atoms with van der Waals surface area (Å²) in [4.78, 5) is 0. The molecular formula is C8H7N2O. The van der Waals surface area contributed by atoms with Gasteiger partial charge in [-0.1, -0.05) is 6.08 Å². The number of H-pyrrole nitrogens is 1. The summed E-state index contributed by atoms with van der Waals surface area (Å²) < 4.78 is 5.26. The van der Waals surface area contributed by atoms with Crippen LogP contribution in [0.4, 0.5) is 0 Å². The van der Waals surface area contributed by atoms with E-state index in [4.69, 9.17) is 4.74 Å². The molecule has 1 aromatic rings. The summed E-state index contributed by atoms with van der Waals surface area (Å²) in [5.41, 5.74) is 0.922. The van der Waals surface area contributed by atoms with Gasteiger partial charge in [0, 0.05) is 11.8 Å². The second-order valence-electron chi connectivity index (χ2n) is 2.22. The van der Waals surface area contributed by atoms with Gasteiger partial charge in [-0.3, -0.25) is 5.10 Å². The van der Waals surface area contributed by atoms with E-state index in [0.717, 1.165) is 5.56 Å². The van der Waals surface area contributed by atoms with Gasteiger partial charge in [-0.15, -0.1) is 0 Å². The zero-order chi connectivity index (χ0) is 7.52. The van der Waals surface area contributed by atoms with Gasteiger partial charge in [0.25, 0.3) is 0 Å². The molecule has 3 nitrogen and oxygen atoms in total. The van der Waals surface area contributed by atoms with Crippen molar-refractivity contribution in [2.24, 2.45) is 0 Å². The van der Waals surface area contributed by atoms with Crippen LogP contribution >= 0.6 is 0 Å². The predicted molar refractivity (Wildman–Crippen MR) is 39.5 cm³/mol. The Hall–Kier alpha value is -1.51. The maximum atomic E-state index is 5.26. The van der Waals surface area contributed by atoms with E-state index in [1.54, 1.807) is 12.5 Å². The van der Waals surface area contributed by atoms with Crippen molar-refractivity contribution in [1.82, 2.24) is 10.2 Å². The summed E-state index contributed by atoms with van der Waals surface area (Å²) in [7, 11) is 0. The monoisotopic (exact) mass is 147 g/mol. The first-order chi connectivity index (χ1) is 5.47. The minimum absolute atomic E-state index is 0.0289. The van der Waals surface area contributed by atoms with E-state index >= 15 is 0 Å². The fourth-order valence-corrected chi connectivity index (χ4v) is 0.939. The Kier molecular flexibility index (Phi) is 1.48. The van der Waals surface area contributed by atoms with Crippen molar-refractivity contribution in [3.63, 3.8) is 0 Å². The highest BCUT2D eigenvalue weighted by Gasteiger charge is 2.09. The fraction of sp³-hybridized carbons (Fsp3) is 0.125. The van der Waals surface area contributed by atoms with E-state index in [0.29, 0.717) is 0 Å². The topological polar surface area (TPSA) is 37.9 Å². The smallest absolute Gasteiger partial charge is 0.145 e. The molecule has 1 atom stereocenters. The Morgan fingerprint density at radius 2 is 2.55 bits per heavy atom. The highest BCUT2D eigenvalue weighted by Crippen LogP contribution is 2.19. The average molecular weight is 147 g/mol. The van der Waals surface area contributed by atoms with Crippen molar-refractivity contribution in [1.29, 1.82) is 0 Å². The van der Waals surface area contributed by atoms with Gasteiger partial charge in [0.05, 0.1) is 6.26 Å². The SMILES string of the molecule is [c]1n[nH]cc1C1C=CC=CO1. The lowest BCUT2D eigenvalue weighted by atomic mass is 10.2. The lowest BCUT2D eigenvalue weighted by Crippen LogP contribution is -1.97. The summed E-state index contributed by atoms with van der Waals surface area (Å²) in [6, 6.07) is 0. The third-order valence-electron chi connectivity index (χ3n) is 1.48. The van der Waals surface area contributed by atoms with Crippen molar-refractivity contribution >= 4 is 0 Å². The first-order valence-corrected chi connectivity index (χ1v) is 3.37. The first-order valence-electron chi connectivity index (χ1n) is 3.37. The van der Waals surface area contributed by atoms with Crippen molar-refractivity contribution in [3.8, 4) is 0 Å². The molecule has 0 spiro atoms. The molecule has 0 aromatic carbocycles. The van der Waals surface area contributed by atoms with E-state index in [-0.39, 0.29) is 6.10 Å². The van der Waals surface area contributed by atoms with E-state index < -0.39 is 0 Å². The second kappa shape index (κ2) is 2.62. The highest BCUT2D eigenvalue weighted by atomic mass is 16.5. The number of ether oxygens (including phenoxy) is 1. The van der Waals surface area contributed by atoms with Crippen LogP contribution in [0.25, 0.3) is 0 Å². The van der Waals surface area contributed by atoms with Crippen LogP contribution in [0, 0.1) is 6.20 Å². The molecule has 0 fully saturated rings. The summed E-state index contributed by atoms with van der Waals surface area (Å²) in [5.74, 6) is 0. The molecule has 0 saturated heterocycles. The lowest BCUT2D eigenvalue weighted by Gasteiger charge is -2.11. The van der Waals surface area contributed by atoms with E-state index in [9.17, 15) is 0 Å². The van der Waals surface area contributed by atoms with Crippen LogP contribution in [-0.2, 0) is 4.74 Å². The number of aromatic amines is 1. The Morgan fingerprint density at radius 1 is 1.55 bits per heavy atom. The molecule has 1 aliphatic rings. The van der Waals surface area contributed by atoms with Gasteiger partial charge in [-0.25, -0.2) is 0 Å². The number of hydrogen-bond acceptors (Lipinski definition) is 2. The molecule has 0 saturated carbocycles. The Morgan fingerprint density at radius 3 is 3.18 bits per heavy atom. The molecule has 11 heavy (non-hydrogen) atoms. The van der Waals surface area contributed by atoms with Gasteiger partial charge < -0.3 is 4.74 Å². The standard InChI is InChI=1S/C8H7N2O/c1-2-4-11-8(3-1)7-5-9-10-6-7/h1-5,8H,(H,9,10). The van der Waals surface area contributed by atoms with E-state index in [1.165, 1.54) is 0 Å². The van der Waals surface area contributed by atoms with Crippen molar-refractivity contribution in [2.75, 3.05) is 0 Å². The fourth-order valence-electron chi connectivity index (χ4n) is 0.939. The third-order valence-corrected chi connectivity index (χ3v) is 1.48. The molecule has 1 unspecified atom stereocenters. The van der Waals surface area contributed by atoms with Gasteiger partial charge in [-0.2, -0.15) is 5.10 Å². The molecule has 0 aliphatic carbocycles. The highest BCUT2D eigenvalue weighted by molar-refractivity contribution is 5.18. The zero-order valence-corrected chi connectivity index (χ0v) is 5.82. The quantitative estimate of drug-likeness (QED) is 0.651. The van der Waals surface area contributed by atoms with Crippen LogP contribution in [0.3, 0.4) is 0 Å². The molecule has 1 aromatic heterocycles. The zero-order valence-electron chi connectivity index (χ0n) is 5.82.